The SMILES string of the molecule is CN1CCN[C@]1(Cc1ccccc1)C(=O)O. The van der Waals surface area contributed by atoms with Crippen LogP contribution < -0.4 is 5.32 Å². The first kappa shape index (κ1) is 11.1. The molecule has 4 nitrogen and oxygen atoms in total. The molecular formula is C12H16N2O2. The van der Waals surface area contributed by atoms with Crippen molar-refractivity contribution in [1.29, 1.82) is 0 Å². The molecule has 0 aliphatic carbocycles. The minimum absolute atomic E-state index is 0.486. The number of carbonyl (C=O) groups is 1. The van der Waals surface area contributed by atoms with Crippen molar-refractivity contribution in [3.63, 3.8) is 0 Å². The van der Waals surface area contributed by atoms with Gasteiger partial charge in [-0.15, -0.1) is 0 Å². The predicted molar refractivity (Wildman–Crippen MR) is 61.1 cm³/mol. The highest BCUT2D eigenvalue weighted by molar-refractivity contribution is 5.79. The van der Waals surface area contributed by atoms with E-state index in [0.717, 1.165) is 18.7 Å². The molecule has 1 saturated heterocycles. The normalized spacial score (nSPS) is 25.8. The lowest BCUT2D eigenvalue weighted by Gasteiger charge is -2.31. The van der Waals surface area contributed by atoms with Crippen LogP contribution >= 0.6 is 0 Å². The van der Waals surface area contributed by atoms with Crippen LogP contribution in [-0.2, 0) is 11.2 Å². The Hall–Kier alpha value is -1.39. The Morgan fingerprint density at radius 3 is 2.69 bits per heavy atom. The molecule has 1 fully saturated rings. The molecule has 1 atom stereocenters. The fourth-order valence-corrected chi connectivity index (χ4v) is 2.16. The number of nitrogens with zero attached hydrogens (tertiary/aromatic N) is 1. The molecular weight excluding hydrogens is 204 g/mol. The number of hydrogen-bond donors (Lipinski definition) is 2. The number of likely N-dealkylation sites (N-methyl/N-ethyl adjacent to an activating group) is 1. The summed E-state index contributed by atoms with van der Waals surface area (Å²) in [6, 6.07) is 9.71. The van der Waals surface area contributed by atoms with Crippen molar-refractivity contribution in [2.45, 2.75) is 12.1 Å². The lowest BCUT2D eigenvalue weighted by atomic mass is 9.99. The number of carboxylic acids is 1. The number of nitrogens with one attached hydrogen (secondary N) is 1. The van der Waals surface area contributed by atoms with Crippen LogP contribution in [0.4, 0.5) is 0 Å². The highest BCUT2D eigenvalue weighted by atomic mass is 16.4. The molecule has 0 bridgehead atoms. The number of rotatable bonds is 3. The zero-order chi connectivity index (χ0) is 11.6. The second-order valence-corrected chi connectivity index (χ2v) is 4.18. The molecule has 0 amide bonds. The summed E-state index contributed by atoms with van der Waals surface area (Å²) in [7, 11) is 1.84. The molecule has 1 aromatic carbocycles. The Bertz CT molecular complexity index is 380. The first-order valence-electron chi connectivity index (χ1n) is 5.39. The summed E-state index contributed by atoms with van der Waals surface area (Å²) < 4.78 is 0. The van der Waals surface area contributed by atoms with E-state index in [1.54, 1.807) is 0 Å². The van der Waals surface area contributed by atoms with Crippen LogP contribution in [0.1, 0.15) is 5.56 Å². The zero-order valence-corrected chi connectivity index (χ0v) is 9.31. The third-order valence-corrected chi connectivity index (χ3v) is 3.17. The first-order valence-corrected chi connectivity index (χ1v) is 5.39. The topological polar surface area (TPSA) is 52.6 Å². The second-order valence-electron chi connectivity index (χ2n) is 4.18. The van der Waals surface area contributed by atoms with Gasteiger partial charge in [0.15, 0.2) is 5.66 Å². The van der Waals surface area contributed by atoms with Crippen LogP contribution in [0.3, 0.4) is 0 Å². The van der Waals surface area contributed by atoms with Crippen molar-refractivity contribution >= 4 is 5.97 Å². The van der Waals surface area contributed by atoms with Crippen LogP contribution in [-0.4, -0.2) is 41.8 Å². The summed E-state index contributed by atoms with van der Waals surface area (Å²) in [5, 5.41) is 12.5. The Morgan fingerprint density at radius 2 is 2.19 bits per heavy atom. The summed E-state index contributed by atoms with van der Waals surface area (Å²) in [4.78, 5) is 13.3. The van der Waals surface area contributed by atoms with E-state index in [4.69, 9.17) is 0 Å². The summed E-state index contributed by atoms with van der Waals surface area (Å²) in [5.74, 6) is -0.809. The number of benzene rings is 1. The van der Waals surface area contributed by atoms with Crippen LogP contribution in [0.5, 0.6) is 0 Å². The average molecular weight is 220 g/mol. The molecule has 4 heteroatoms. The second kappa shape index (κ2) is 4.23. The van der Waals surface area contributed by atoms with Gasteiger partial charge in [0, 0.05) is 19.5 Å². The maximum Gasteiger partial charge on any atom is 0.339 e. The minimum Gasteiger partial charge on any atom is -0.479 e. The van der Waals surface area contributed by atoms with Crippen molar-refractivity contribution in [2.75, 3.05) is 20.1 Å². The van der Waals surface area contributed by atoms with Crippen molar-refractivity contribution < 1.29 is 9.90 Å². The van der Waals surface area contributed by atoms with E-state index in [1.165, 1.54) is 0 Å². The van der Waals surface area contributed by atoms with Gasteiger partial charge in [-0.3, -0.25) is 10.2 Å². The smallest absolute Gasteiger partial charge is 0.339 e. The summed E-state index contributed by atoms with van der Waals surface area (Å²) in [6.45, 7) is 1.48. The molecule has 0 saturated carbocycles. The zero-order valence-electron chi connectivity index (χ0n) is 9.31. The molecule has 1 aliphatic heterocycles. The first-order chi connectivity index (χ1) is 7.65. The van der Waals surface area contributed by atoms with E-state index >= 15 is 0 Å². The number of hydrogen-bond acceptors (Lipinski definition) is 3. The molecule has 1 heterocycles. The average Bonchev–Trinajstić information content (AvgIpc) is 2.63. The molecule has 0 radical (unpaired) electrons. The summed E-state index contributed by atoms with van der Waals surface area (Å²) >= 11 is 0. The van der Waals surface area contributed by atoms with Gasteiger partial charge >= 0.3 is 5.97 Å². The monoisotopic (exact) mass is 220 g/mol. The predicted octanol–water partition coefficient (Wildman–Crippen LogP) is 0.545. The van der Waals surface area contributed by atoms with Crippen molar-refractivity contribution in [1.82, 2.24) is 10.2 Å². The van der Waals surface area contributed by atoms with E-state index in [2.05, 4.69) is 5.32 Å². The molecule has 86 valence electrons. The van der Waals surface area contributed by atoms with Crippen molar-refractivity contribution in [2.24, 2.45) is 0 Å². The molecule has 2 N–H and O–H groups in total. The highest BCUT2D eigenvalue weighted by Crippen LogP contribution is 2.21. The van der Waals surface area contributed by atoms with Gasteiger partial charge < -0.3 is 5.11 Å². The fourth-order valence-electron chi connectivity index (χ4n) is 2.16. The molecule has 0 unspecified atom stereocenters. The lowest BCUT2D eigenvalue weighted by Crippen LogP contribution is -2.58. The molecule has 1 aromatic rings. The Morgan fingerprint density at radius 1 is 1.50 bits per heavy atom. The minimum atomic E-state index is -0.943. The van der Waals surface area contributed by atoms with Crippen LogP contribution in [0.2, 0.25) is 0 Å². The van der Waals surface area contributed by atoms with E-state index < -0.39 is 11.6 Å². The third-order valence-electron chi connectivity index (χ3n) is 3.17. The standard InChI is InChI=1S/C12H16N2O2/c1-14-8-7-13-12(14,11(15)16)9-10-5-3-2-4-6-10/h2-6,13H,7-9H2,1H3,(H,15,16)/t12-/m0/s1. The molecule has 1 aliphatic rings. The molecule has 2 rings (SSSR count). The Balaban J connectivity index is 2.25. The molecule has 16 heavy (non-hydrogen) atoms. The van der Waals surface area contributed by atoms with E-state index in [0.29, 0.717) is 6.42 Å². The van der Waals surface area contributed by atoms with Gasteiger partial charge in [0.1, 0.15) is 0 Å². The Kier molecular flexibility index (Phi) is 2.94. The fraction of sp³-hybridized carbons (Fsp3) is 0.417. The van der Waals surface area contributed by atoms with E-state index in [9.17, 15) is 9.90 Å². The van der Waals surface area contributed by atoms with Crippen molar-refractivity contribution in [3.8, 4) is 0 Å². The van der Waals surface area contributed by atoms with E-state index in [1.807, 2.05) is 42.3 Å². The number of aliphatic carboxylic acids is 1. The maximum atomic E-state index is 11.4. The van der Waals surface area contributed by atoms with Crippen molar-refractivity contribution in [3.05, 3.63) is 35.9 Å². The maximum absolute atomic E-state index is 11.4. The van der Waals surface area contributed by atoms with E-state index in [-0.39, 0.29) is 0 Å². The van der Waals surface area contributed by atoms with Gasteiger partial charge in [-0.25, -0.2) is 4.79 Å². The molecule has 0 spiro atoms. The van der Waals surface area contributed by atoms with Gasteiger partial charge in [0.05, 0.1) is 0 Å². The third kappa shape index (κ3) is 1.81. The largest absolute Gasteiger partial charge is 0.479 e. The summed E-state index contributed by atoms with van der Waals surface area (Å²) in [5.41, 5.74) is 0.0904. The molecule has 0 aromatic heterocycles. The van der Waals surface area contributed by atoms with Gasteiger partial charge in [0.25, 0.3) is 0 Å². The quantitative estimate of drug-likeness (QED) is 0.781. The van der Waals surface area contributed by atoms with Crippen LogP contribution in [0, 0.1) is 0 Å². The summed E-state index contributed by atoms with van der Waals surface area (Å²) in [6.07, 6.45) is 0.486. The Labute approximate surface area is 94.9 Å². The van der Waals surface area contributed by atoms with Gasteiger partial charge in [-0.1, -0.05) is 30.3 Å². The van der Waals surface area contributed by atoms with Gasteiger partial charge in [-0.05, 0) is 12.6 Å². The highest BCUT2D eigenvalue weighted by Gasteiger charge is 2.45. The van der Waals surface area contributed by atoms with Gasteiger partial charge in [-0.2, -0.15) is 0 Å². The number of carboxylic acid groups (broad SMARTS) is 1. The van der Waals surface area contributed by atoms with Crippen LogP contribution in [0.25, 0.3) is 0 Å². The lowest BCUT2D eigenvalue weighted by molar-refractivity contribution is -0.150. The van der Waals surface area contributed by atoms with Crippen LogP contribution in [0.15, 0.2) is 30.3 Å². The van der Waals surface area contributed by atoms with Gasteiger partial charge in [0.2, 0.25) is 0 Å².